The van der Waals surface area contributed by atoms with E-state index in [1.165, 1.54) is 6.92 Å². The molecule has 0 rings (SSSR count). The number of hydrogen-bond acceptors (Lipinski definition) is 3. The van der Waals surface area contributed by atoms with Crippen molar-refractivity contribution in [3.63, 3.8) is 0 Å². The van der Waals surface area contributed by atoms with Crippen LogP contribution < -0.4 is 0 Å². The molecule has 88 valence electrons. The first-order chi connectivity index (χ1) is 6.63. The summed E-state index contributed by atoms with van der Waals surface area (Å²) in [5.41, 5.74) is -2.08. The minimum Gasteiger partial charge on any atom is -0.480 e. The van der Waals surface area contributed by atoms with Gasteiger partial charge in [0.25, 0.3) is 0 Å². The van der Waals surface area contributed by atoms with Crippen molar-refractivity contribution in [3.05, 3.63) is 0 Å². The monoisotopic (exact) mass is 216 g/mol. The molecule has 0 amide bonds. The average Bonchev–Trinajstić information content (AvgIpc) is 2.00. The van der Waals surface area contributed by atoms with Crippen LogP contribution >= 0.6 is 0 Å². The zero-order chi connectivity index (χ0) is 12.3. The van der Waals surface area contributed by atoms with E-state index in [0.717, 1.165) is 0 Å². The van der Waals surface area contributed by atoms with Crippen LogP contribution in [0.5, 0.6) is 0 Å². The Morgan fingerprint density at radius 1 is 1.20 bits per heavy atom. The number of hydrogen-bond donors (Lipinski definition) is 1. The maximum Gasteiger partial charge on any atom is 0.323 e. The fraction of sp³-hybridized carbons (Fsp3) is 0.818. The number of carbonyl (C=O) groups excluding carboxylic acids is 1. The first-order valence-corrected chi connectivity index (χ1v) is 5.10. The molecule has 0 aromatic heterocycles. The van der Waals surface area contributed by atoms with Gasteiger partial charge in [-0.1, -0.05) is 13.3 Å². The smallest absolute Gasteiger partial charge is 0.323 e. The number of ether oxygens (including phenoxy) is 1. The molecule has 0 aromatic carbocycles. The van der Waals surface area contributed by atoms with Gasteiger partial charge in [-0.2, -0.15) is 0 Å². The van der Waals surface area contributed by atoms with Crippen molar-refractivity contribution in [2.75, 3.05) is 0 Å². The molecule has 0 unspecified atom stereocenters. The standard InChI is InChI=1S/C11H20O4/c1-6-7-11(5,8(12)13)9(14)15-10(2,3)4/h6-7H2,1-5H3,(H,12,13)/t11-/m1/s1. The van der Waals surface area contributed by atoms with E-state index in [-0.39, 0.29) is 6.42 Å². The molecule has 0 aliphatic heterocycles. The van der Waals surface area contributed by atoms with Crippen molar-refractivity contribution in [1.82, 2.24) is 0 Å². The summed E-state index contributed by atoms with van der Waals surface area (Å²) >= 11 is 0. The minimum atomic E-state index is -1.43. The molecule has 0 spiro atoms. The Kier molecular flexibility index (Phi) is 4.31. The zero-order valence-electron chi connectivity index (χ0n) is 10.1. The molecule has 1 N–H and O–H groups in total. The molecule has 0 fully saturated rings. The summed E-state index contributed by atoms with van der Waals surface area (Å²) in [6.07, 6.45) is 0.916. The second-order valence-corrected chi connectivity index (χ2v) is 4.89. The molecule has 4 heteroatoms. The van der Waals surface area contributed by atoms with E-state index in [2.05, 4.69) is 0 Å². The van der Waals surface area contributed by atoms with E-state index < -0.39 is 23.0 Å². The molecule has 4 nitrogen and oxygen atoms in total. The highest BCUT2D eigenvalue weighted by molar-refractivity contribution is 5.98. The number of carboxylic acid groups (broad SMARTS) is 1. The molecular formula is C11H20O4. The maximum absolute atomic E-state index is 11.7. The van der Waals surface area contributed by atoms with Crippen LogP contribution in [0.4, 0.5) is 0 Å². The second kappa shape index (κ2) is 4.64. The Morgan fingerprint density at radius 3 is 1.93 bits per heavy atom. The van der Waals surface area contributed by atoms with E-state index in [0.29, 0.717) is 6.42 Å². The Morgan fingerprint density at radius 2 is 1.67 bits per heavy atom. The predicted molar refractivity (Wildman–Crippen MR) is 56.5 cm³/mol. The molecule has 0 saturated carbocycles. The highest BCUT2D eigenvalue weighted by Crippen LogP contribution is 2.27. The summed E-state index contributed by atoms with van der Waals surface area (Å²) < 4.78 is 5.10. The van der Waals surface area contributed by atoms with Gasteiger partial charge in [0.15, 0.2) is 5.41 Å². The van der Waals surface area contributed by atoms with Crippen LogP contribution in [0.25, 0.3) is 0 Å². The van der Waals surface area contributed by atoms with Gasteiger partial charge in [0.2, 0.25) is 0 Å². The van der Waals surface area contributed by atoms with Gasteiger partial charge in [-0.3, -0.25) is 9.59 Å². The fourth-order valence-electron chi connectivity index (χ4n) is 1.19. The summed E-state index contributed by atoms with van der Waals surface area (Å²) in [5.74, 6) is -1.79. The molecule has 0 bridgehead atoms. The largest absolute Gasteiger partial charge is 0.480 e. The van der Waals surface area contributed by atoms with Crippen molar-refractivity contribution < 1.29 is 19.4 Å². The second-order valence-electron chi connectivity index (χ2n) is 4.89. The van der Waals surface area contributed by atoms with Crippen molar-refractivity contribution in [2.45, 2.75) is 53.1 Å². The van der Waals surface area contributed by atoms with Crippen LogP contribution in [0.15, 0.2) is 0 Å². The number of carbonyl (C=O) groups is 2. The summed E-state index contributed by atoms with van der Waals surface area (Å²) in [7, 11) is 0. The van der Waals surface area contributed by atoms with Gasteiger partial charge in [-0.25, -0.2) is 0 Å². The SMILES string of the molecule is CCC[C@](C)(C(=O)O)C(=O)OC(C)(C)C. The number of rotatable bonds is 4. The van der Waals surface area contributed by atoms with Gasteiger partial charge in [0, 0.05) is 0 Å². The lowest BCUT2D eigenvalue weighted by Gasteiger charge is -2.27. The van der Waals surface area contributed by atoms with Crippen LogP contribution in [0.1, 0.15) is 47.5 Å². The third-order valence-corrected chi connectivity index (χ3v) is 2.07. The summed E-state index contributed by atoms with van der Waals surface area (Å²) in [6.45, 7) is 8.41. The van der Waals surface area contributed by atoms with E-state index in [4.69, 9.17) is 9.84 Å². The van der Waals surface area contributed by atoms with Crippen LogP contribution in [-0.2, 0) is 14.3 Å². The van der Waals surface area contributed by atoms with Crippen LogP contribution in [0.3, 0.4) is 0 Å². The van der Waals surface area contributed by atoms with Gasteiger partial charge < -0.3 is 9.84 Å². The lowest BCUT2D eigenvalue weighted by atomic mass is 9.85. The first-order valence-electron chi connectivity index (χ1n) is 5.10. The lowest BCUT2D eigenvalue weighted by molar-refractivity contribution is -0.176. The molecule has 0 heterocycles. The van der Waals surface area contributed by atoms with E-state index >= 15 is 0 Å². The average molecular weight is 216 g/mol. The molecule has 0 aromatic rings. The van der Waals surface area contributed by atoms with Gasteiger partial charge in [0.05, 0.1) is 0 Å². The first kappa shape index (κ1) is 13.9. The molecule has 0 saturated heterocycles. The van der Waals surface area contributed by atoms with Crippen LogP contribution in [0, 0.1) is 5.41 Å². The van der Waals surface area contributed by atoms with Gasteiger partial charge >= 0.3 is 11.9 Å². The molecule has 1 atom stereocenters. The van der Waals surface area contributed by atoms with Crippen LogP contribution in [-0.4, -0.2) is 22.6 Å². The number of carboxylic acids is 1. The Balaban J connectivity index is 4.79. The van der Waals surface area contributed by atoms with E-state index in [1.807, 2.05) is 6.92 Å². The number of esters is 1. The number of aliphatic carboxylic acids is 1. The zero-order valence-corrected chi connectivity index (χ0v) is 10.1. The van der Waals surface area contributed by atoms with E-state index in [1.54, 1.807) is 20.8 Å². The quantitative estimate of drug-likeness (QED) is 0.578. The van der Waals surface area contributed by atoms with Gasteiger partial charge in [0.1, 0.15) is 5.60 Å². The Labute approximate surface area is 90.6 Å². The van der Waals surface area contributed by atoms with Crippen molar-refractivity contribution in [1.29, 1.82) is 0 Å². The summed E-state index contributed by atoms with van der Waals surface area (Å²) in [6, 6.07) is 0. The van der Waals surface area contributed by atoms with Crippen molar-refractivity contribution in [3.8, 4) is 0 Å². The normalized spacial score (nSPS) is 15.5. The van der Waals surface area contributed by atoms with Gasteiger partial charge in [-0.05, 0) is 34.1 Å². The summed E-state index contributed by atoms with van der Waals surface area (Å²) in [5, 5.41) is 9.03. The predicted octanol–water partition coefficient (Wildman–Crippen LogP) is 2.22. The topological polar surface area (TPSA) is 63.6 Å². The summed E-state index contributed by atoms with van der Waals surface area (Å²) in [4.78, 5) is 22.7. The maximum atomic E-state index is 11.7. The highest BCUT2D eigenvalue weighted by Gasteiger charge is 2.43. The molecular weight excluding hydrogens is 196 g/mol. The van der Waals surface area contributed by atoms with Gasteiger partial charge in [-0.15, -0.1) is 0 Å². The molecule has 0 aliphatic rings. The lowest BCUT2D eigenvalue weighted by Crippen LogP contribution is -2.41. The highest BCUT2D eigenvalue weighted by atomic mass is 16.6. The third kappa shape index (κ3) is 3.90. The van der Waals surface area contributed by atoms with Crippen molar-refractivity contribution in [2.24, 2.45) is 5.41 Å². The molecule has 0 aliphatic carbocycles. The van der Waals surface area contributed by atoms with Crippen molar-refractivity contribution >= 4 is 11.9 Å². The fourth-order valence-corrected chi connectivity index (χ4v) is 1.19. The van der Waals surface area contributed by atoms with Crippen LogP contribution in [0.2, 0.25) is 0 Å². The third-order valence-electron chi connectivity index (χ3n) is 2.07. The molecule has 0 radical (unpaired) electrons. The Hall–Kier alpha value is -1.06. The Bertz CT molecular complexity index is 252. The minimum absolute atomic E-state index is 0.289. The van der Waals surface area contributed by atoms with E-state index in [9.17, 15) is 9.59 Å². The molecule has 15 heavy (non-hydrogen) atoms.